The number of hydrogen-bond acceptors (Lipinski definition) is 5. The Morgan fingerprint density at radius 2 is 2.17 bits per heavy atom. The summed E-state index contributed by atoms with van der Waals surface area (Å²) in [6.07, 6.45) is -0.0328. The first kappa shape index (κ1) is 18.9. The van der Waals surface area contributed by atoms with Crippen molar-refractivity contribution in [2.45, 2.75) is 24.6 Å². The van der Waals surface area contributed by atoms with Crippen LogP contribution in [0, 0.1) is 0 Å². The minimum absolute atomic E-state index is 0.0328. The number of carbonyl (C=O) groups is 3. The van der Waals surface area contributed by atoms with Crippen LogP contribution in [0.2, 0.25) is 10.0 Å². The summed E-state index contributed by atoms with van der Waals surface area (Å²) in [5, 5.41) is 5.44. The number of esters is 1. The second kappa shape index (κ2) is 8.60. The number of carbonyl (C=O) groups excluding carboxylic acids is 3. The van der Waals surface area contributed by atoms with Crippen LogP contribution in [0.5, 0.6) is 0 Å². The highest BCUT2D eigenvalue weighted by Crippen LogP contribution is 2.27. The number of amides is 2. The number of halogens is 2. The maximum absolute atomic E-state index is 12.1. The fourth-order valence-corrected chi connectivity index (χ4v) is 3.55. The molecule has 1 aromatic rings. The molecule has 1 aromatic carbocycles. The van der Waals surface area contributed by atoms with E-state index in [1.807, 2.05) is 0 Å². The van der Waals surface area contributed by atoms with E-state index in [0.717, 1.165) is 0 Å². The van der Waals surface area contributed by atoms with Crippen molar-refractivity contribution in [1.29, 1.82) is 0 Å². The third kappa shape index (κ3) is 5.03. The molecule has 0 unspecified atom stereocenters. The second-order valence-electron chi connectivity index (χ2n) is 5.01. The third-order valence-electron chi connectivity index (χ3n) is 3.22. The summed E-state index contributed by atoms with van der Waals surface area (Å²) in [5.74, 6) is -0.828. The van der Waals surface area contributed by atoms with E-state index in [2.05, 4.69) is 10.6 Å². The van der Waals surface area contributed by atoms with Gasteiger partial charge in [-0.1, -0.05) is 23.2 Å². The normalized spacial score (nSPS) is 20.2. The number of anilines is 1. The van der Waals surface area contributed by atoms with Gasteiger partial charge in [0, 0.05) is 17.2 Å². The molecule has 2 amide bonds. The molecule has 2 rings (SSSR count). The fraction of sp³-hybridized carbons (Fsp3) is 0.400. The molecule has 0 saturated carbocycles. The summed E-state index contributed by atoms with van der Waals surface area (Å²) in [7, 11) is 0. The van der Waals surface area contributed by atoms with Crippen LogP contribution in [0.3, 0.4) is 0 Å². The topological polar surface area (TPSA) is 84.5 Å². The molecule has 0 aliphatic carbocycles. The van der Waals surface area contributed by atoms with Crippen molar-refractivity contribution in [2.24, 2.45) is 0 Å². The van der Waals surface area contributed by atoms with Gasteiger partial charge in [0.1, 0.15) is 6.04 Å². The largest absolute Gasteiger partial charge is 0.464 e. The first-order valence-corrected chi connectivity index (χ1v) is 9.04. The van der Waals surface area contributed by atoms with E-state index in [1.54, 1.807) is 19.1 Å². The first-order valence-electron chi connectivity index (χ1n) is 7.24. The van der Waals surface area contributed by atoms with Crippen LogP contribution in [-0.4, -0.2) is 41.4 Å². The number of thioether (sulfide) groups is 1. The summed E-state index contributed by atoms with van der Waals surface area (Å²) in [6.45, 7) is 1.95. The van der Waals surface area contributed by atoms with E-state index in [1.165, 1.54) is 17.8 Å². The quantitative estimate of drug-likeness (QED) is 0.754. The van der Waals surface area contributed by atoms with Gasteiger partial charge in [-0.3, -0.25) is 9.59 Å². The number of hydrogen-bond donors (Lipinski definition) is 2. The van der Waals surface area contributed by atoms with Crippen molar-refractivity contribution in [1.82, 2.24) is 5.32 Å². The SMILES string of the molecule is CCOC(=O)[C@@H]1CS[C@H](CC(=O)Nc2cc(Cl)ccc2Cl)C(=O)N1. The third-order valence-corrected chi connectivity index (χ3v) is 5.09. The molecule has 2 N–H and O–H groups in total. The summed E-state index contributed by atoms with van der Waals surface area (Å²) in [4.78, 5) is 35.8. The van der Waals surface area contributed by atoms with Gasteiger partial charge in [0.15, 0.2) is 0 Å². The van der Waals surface area contributed by atoms with Crippen LogP contribution < -0.4 is 10.6 Å². The van der Waals surface area contributed by atoms with Crippen molar-refractivity contribution in [3.8, 4) is 0 Å². The van der Waals surface area contributed by atoms with Gasteiger partial charge >= 0.3 is 5.97 Å². The summed E-state index contributed by atoms with van der Waals surface area (Å²) in [6, 6.07) is 4.04. The molecule has 1 heterocycles. The smallest absolute Gasteiger partial charge is 0.329 e. The Morgan fingerprint density at radius 3 is 2.83 bits per heavy atom. The van der Waals surface area contributed by atoms with E-state index in [9.17, 15) is 14.4 Å². The molecule has 0 bridgehead atoms. The molecule has 1 saturated heterocycles. The highest BCUT2D eigenvalue weighted by Gasteiger charge is 2.34. The zero-order valence-corrected chi connectivity index (χ0v) is 15.1. The molecular weight excluding hydrogens is 375 g/mol. The maximum Gasteiger partial charge on any atom is 0.329 e. The van der Waals surface area contributed by atoms with Crippen LogP contribution in [0.4, 0.5) is 5.69 Å². The molecule has 0 spiro atoms. The van der Waals surface area contributed by atoms with Gasteiger partial charge in [0.25, 0.3) is 0 Å². The van der Waals surface area contributed by atoms with Crippen LogP contribution in [-0.2, 0) is 19.1 Å². The standard InChI is InChI=1S/C15H16Cl2N2O4S/c1-2-23-15(22)11-7-24-12(14(21)19-11)6-13(20)18-10-5-8(16)3-4-9(10)17/h3-5,11-12H,2,6-7H2,1H3,(H,18,20)(H,19,21)/t11-,12+/m0/s1. The van der Waals surface area contributed by atoms with Crippen molar-refractivity contribution < 1.29 is 19.1 Å². The number of rotatable bonds is 5. The van der Waals surface area contributed by atoms with Gasteiger partial charge in [-0.2, -0.15) is 0 Å². The molecule has 6 nitrogen and oxygen atoms in total. The van der Waals surface area contributed by atoms with Gasteiger partial charge in [-0.05, 0) is 25.1 Å². The van der Waals surface area contributed by atoms with E-state index >= 15 is 0 Å². The Hall–Kier alpha value is -1.44. The average Bonchev–Trinajstić information content (AvgIpc) is 2.53. The summed E-state index contributed by atoms with van der Waals surface area (Å²) < 4.78 is 4.88. The monoisotopic (exact) mass is 390 g/mol. The minimum Gasteiger partial charge on any atom is -0.464 e. The van der Waals surface area contributed by atoms with Crippen molar-refractivity contribution in [2.75, 3.05) is 17.7 Å². The highest BCUT2D eigenvalue weighted by atomic mass is 35.5. The maximum atomic E-state index is 12.1. The number of benzene rings is 1. The average molecular weight is 391 g/mol. The van der Waals surface area contributed by atoms with Crippen molar-refractivity contribution in [3.05, 3.63) is 28.2 Å². The van der Waals surface area contributed by atoms with Crippen molar-refractivity contribution in [3.63, 3.8) is 0 Å². The molecule has 24 heavy (non-hydrogen) atoms. The Morgan fingerprint density at radius 1 is 1.42 bits per heavy atom. The van der Waals surface area contributed by atoms with E-state index in [-0.39, 0.29) is 24.8 Å². The molecule has 9 heteroatoms. The van der Waals surface area contributed by atoms with Crippen LogP contribution >= 0.6 is 35.0 Å². The lowest BCUT2D eigenvalue weighted by Crippen LogP contribution is -2.51. The van der Waals surface area contributed by atoms with Crippen LogP contribution in [0.25, 0.3) is 0 Å². The highest BCUT2D eigenvalue weighted by molar-refractivity contribution is 8.00. The second-order valence-corrected chi connectivity index (χ2v) is 7.09. The lowest BCUT2D eigenvalue weighted by Gasteiger charge is -2.27. The summed E-state index contributed by atoms with van der Waals surface area (Å²) in [5.41, 5.74) is 0.389. The van der Waals surface area contributed by atoms with Gasteiger partial charge in [0.2, 0.25) is 11.8 Å². The zero-order valence-electron chi connectivity index (χ0n) is 12.8. The Balaban J connectivity index is 1.90. The lowest BCUT2D eigenvalue weighted by atomic mass is 10.2. The molecule has 1 aliphatic rings. The predicted molar refractivity (Wildman–Crippen MR) is 94.5 cm³/mol. The Bertz CT molecular complexity index is 656. The van der Waals surface area contributed by atoms with E-state index in [4.69, 9.17) is 27.9 Å². The minimum atomic E-state index is -0.677. The first-order chi connectivity index (χ1) is 11.4. The predicted octanol–water partition coefficient (Wildman–Crippen LogP) is 2.49. The lowest BCUT2D eigenvalue weighted by molar-refractivity contribution is -0.146. The van der Waals surface area contributed by atoms with E-state index < -0.39 is 17.3 Å². The molecular formula is C15H16Cl2N2O4S. The molecule has 0 aromatic heterocycles. The Labute approximate surface area is 153 Å². The number of nitrogens with one attached hydrogen (secondary N) is 2. The van der Waals surface area contributed by atoms with E-state index in [0.29, 0.717) is 21.5 Å². The van der Waals surface area contributed by atoms with Crippen molar-refractivity contribution >= 4 is 58.4 Å². The molecule has 1 fully saturated rings. The van der Waals surface area contributed by atoms with Crippen LogP contribution in [0.1, 0.15) is 13.3 Å². The van der Waals surface area contributed by atoms with Crippen LogP contribution in [0.15, 0.2) is 18.2 Å². The van der Waals surface area contributed by atoms with Gasteiger partial charge in [-0.25, -0.2) is 4.79 Å². The summed E-state index contributed by atoms with van der Waals surface area (Å²) >= 11 is 13.1. The molecule has 2 atom stereocenters. The molecule has 0 radical (unpaired) electrons. The molecule has 1 aliphatic heterocycles. The Kier molecular flexibility index (Phi) is 6.77. The molecule has 130 valence electrons. The van der Waals surface area contributed by atoms with Gasteiger partial charge in [-0.15, -0.1) is 11.8 Å². The van der Waals surface area contributed by atoms with Gasteiger partial charge < -0.3 is 15.4 Å². The van der Waals surface area contributed by atoms with Gasteiger partial charge in [0.05, 0.1) is 22.6 Å². The number of ether oxygens (including phenoxy) is 1. The fourth-order valence-electron chi connectivity index (χ4n) is 2.08. The zero-order chi connectivity index (χ0) is 17.7.